The highest BCUT2D eigenvalue weighted by Crippen LogP contribution is 2.18. The van der Waals surface area contributed by atoms with Crippen molar-refractivity contribution in [2.75, 3.05) is 30.4 Å². The zero-order valence-corrected chi connectivity index (χ0v) is 12.2. The number of anilines is 2. The lowest BCUT2D eigenvalue weighted by molar-refractivity contribution is 0.397. The van der Waals surface area contributed by atoms with Crippen LogP contribution in [0.15, 0.2) is 24.5 Å². The van der Waals surface area contributed by atoms with Crippen molar-refractivity contribution in [1.29, 1.82) is 0 Å². The zero-order chi connectivity index (χ0) is 14.7. The summed E-state index contributed by atoms with van der Waals surface area (Å²) in [6.45, 7) is 3.73. The average molecular weight is 286 g/mol. The maximum atomic E-state index is 5.10. The highest BCUT2D eigenvalue weighted by atomic mass is 16.5. The minimum Gasteiger partial charge on any atom is -0.481 e. The Bertz CT molecular complexity index is 620. The maximum absolute atomic E-state index is 5.10. The first-order valence-corrected chi connectivity index (χ1v) is 6.93. The Kier molecular flexibility index (Phi) is 3.81. The number of nitrogens with one attached hydrogen (secondary N) is 1. The van der Waals surface area contributed by atoms with Crippen LogP contribution in [0.25, 0.3) is 0 Å². The Morgan fingerprint density at radius 3 is 2.90 bits per heavy atom. The fraction of sp³-hybridized carbons (Fsp3) is 0.429. The van der Waals surface area contributed by atoms with E-state index < -0.39 is 0 Å². The number of methoxy groups -OCH3 is 1. The number of hydrogen-bond acceptors (Lipinski definition) is 7. The van der Waals surface area contributed by atoms with Gasteiger partial charge in [0, 0.05) is 43.3 Å². The lowest BCUT2D eigenvalue weighted by atomic mass is 10.3. The van der Waals surface area contributed by atoms with Gasteiger partial charge in [0.2, 0.25) is 17.8 Å². The topological polar surface area (TPSA) is 76.1 Å². The standard InChI is InChI=1S/C14H18N6O/c1-10-3-6-16-14(17-10)20-8-5-11(9-20)18-13-15-7-4-12(19-13)21-2/h3-4,6-7,11H,5,8-9H2,1-2H3,(H,15,18,19). The summed E-state index contributed by atoms with van der Waals surface area (Å²) in [5.74, 6) is 1.93. The van der Waals surface area contributed by atoms with Gasteiger partial charge in [-0.3, -0.25) is 0 Å². The molecule has 1 N–H and O–H groups in total. The van der Waals surface area contributed by atoms with E-state index in [2.05, 4.69) is 30.2 Å². The number of aromatic nitrogens is 4. The normalized spacial score (nSPS) is 17.8. The van der Waals surface area contributed by atoms with E-state index in [4.69, 9.17) is 4.74 Å². The van der Waals surface area contributed by atoms with Gasteiger partial charge < -0.3 is 15.0 Å². The molecule has 1 unspecified atom stereocenters. The molecule has 1 aliphatic heterocycles. The Hall–Kier alpha value is -2.44. The van der Waals surface area contributed by atoms with Crippen molar-refractivity contribution >= 4 is 11.9 Å². The SMILES string of the molecule is COc1ccnc(NC2CCN(c3nccc(C)n3)C2)n1. The molecule has 3 rings (SSSR count). The minimum absolute atomic E-state index is 0.279. The quantitative estimate of drug-likeness (QED) is 0.907. The molecular formula is C14H18N6O. The van der Waals surface area contributed by atoms with Gasteiger partial charge in [0.25, 0.3) is 0 Å². The first-order valence-electron chi connectivity index (χ1n) is 6.93. The van der Waals surface area contributed by atoms with Gasteiger partial charge in [-0.15, -0.1) is 0 Å². The highest BCUT2D eigenvalue weighted by Gasteiger charge is 2.24. The Morgan fingerprint density at radius 2 is 2.10 bits per heavy atom. The Labute approximate surface area is 123 Å². The van der Waals surface area contributed by atoms with E-state index in [-0.39, 0.29) is 6.04 Å². The van der Waals surface area contributed by atoms with Crippen molar-refractivity contribution in [3.05, 3.63) is 30.2 Å². The predicted octanol–water partition coefficient (Wildman–Crippen LogP) is 1.27. The van der Waals surface area contributed by atoms with E-state index in [1.54, 1.807) is 25.6 Å². The number of rotatable bonds is 4. The molecule has 2 aromatic rings. The molecule has 3 heterocycles. The third-order valence-corrected chi connectivity index (χ3v) is 3.43. The van der Waals surface area contributed by atoms with Gasteiger partial charge in [0.1, 0.15) is 0 Å². The average Bonchev–Trinajstić information content (AvgIpc) is 2.96. The molecule has 0 radical (unpaired) electrons. The molecule has 7 nitrogen and oxygen atoms in total. The summed E-state index contributed by atoms with van der Waals surface area (Å²) in [4.78, 5) is 19.4. The second-order valence-electron chi connectivity index (χ2n) is 5.00. The Balaban J connectivity index is 1.64. The smallest absolute Gasteiger partial charge is 0.226 e. The predicted molar refractivity (Wildman–Crippen MR) is 79.6 cm³/mol. The van der Waals surface area contributed by atoms with Crippen LogP contribution >= 0.6 is 0 Å². The summed E-state index contributed by atoms with van der Waals surface area (Å²) in [6, 6.07) is 3.91. The summed E-state index contributed by atoms with van der Waals surface area (Å²) < 4.78 is 5.10. The molecule has 1 atom stereocenters. The van der Waals surface area contributed by atoms with Crippen LogP contribution in [0.2, 0.25) is 0 Å². The van der Waals surface area contributed by atoms with E-state index in [1.807, 2.05) is 13.0 Å². The van der Waals surface area contributed by atoms with E-state index in [0.29, 0.717) is 11.8 Å². The van der Waals surface area contributed by atoms with Crippen LogP contribution in [-0.4, -0.2) is 46.2 Å². The van der Waals surface area contributed by atoms with Crippen molar-refractivity contribution in [3.63, 3.8) is 0 Å². The minimum atomic E-state index is 0.279. The molecule has 1 saturated heterocycles. The van der Waals surface area contributed by atoms with Gasteiger partial charge in [0.05, 0.1) is 7.11 Å². The molecule has 110 valence electrons. The second-order valence-corrected chi connectivity index (χ2v) is 5.00. The lowest BCUT2D eigenvalue weighted by Crippen LogP contribution is -2.28. The van der Waals surface area contributed by atoms with Crippen LogP contribution in [0, 0.1) is 6.92 Å². The molecule has 1 aliphatic rings. The second kappa shape index (κ2) is 5.90. The summed E-state index contributed by atoms with van der Waals surface area (Å²) in [7, 11) is 1.60. The van der Waals surface area contributed by atoms with Crippen LogP contribution in [0.1, 0.15) is 12.1 Å². The number of hydrogen-bond donors (Lipinski definition) is 1. The maximum Gasteiger partial charge on any atom is 0.226 e. The van der Waals surface area contributed by atoms with Gasteiger partial charge in [-0.25, -0.2) is 15.0 Å². The molecular weight excluding hydrogens is 268 g/mol. The molecule has 2 aromatic heterocycles. The summed E-state index contributed by atoms with van der Waals surface area (Å²) >= 11 is 0. The number of aryl methyl sites for hydroxylation is 1. The number of nitrogens with zero attached hydrogens (tertiary/aromatic N) is 5. The highest BCUT2D eigenvalue weighted by molar-refractivity contribution is 5.36. The molecule has 7 heteroatoms. The fourth-order valence-electron chi connectivity index (χ4n) is 2.36. The molecule has 0 aromatic carbocycles. The van der Waals surface area contributed by atoms with Crippen LogP contribution in [0.3, 0.4) is 0 Å². The first kappa shape index (κ1) is 13.5. The molecule has 0 aliphatic carbocycles. The molecule has 0 spiro atoms. The van der Waals surface area contributed by atoms with Gasteiger partial charge in [-0.2, -0.15) is 4.98 Å². The first-order chi connectivity index (χ1) is 10.2. The van der Waals surface area contributed by atoms with Gasteiger partial charge in [-0.1, -0.05) is 0 Å². The van der Waals surface area contributed by atoms with Gasteiger partial charge in [0.15, 0.2) is 0 Å². The van der Waals surface area contributed by atoms with E-state index >= 15 is 0 Å². The van der Waals surface area contributed by atoms with Gasteiger partial charge >= 0.3 is 0 Å². The van der Waals surface area contributed by atoms with Crippen molar-refractivity contribution in [3.8, 4) is 5.88 Å². The van der Waals surface area contributed by atoms with E-state index in [1.165, 1.54) is 0 Å². The monoisotopic (exact) mass is 286 g/mol. The molecule has 0 amide bonds. The van der Waals surface area contributed by atoms with Crippen LogP contribution in [-0.2, 0) is 0 Å². The Morgan fingerprint density at radius 1 is 1.24 bits per heavy atom. The summed E-state index contributed by atoms with van der Waals surface area (Å²) in [6.07, 6.45) is 4.48. The van der Waals surface area contributed by atoms with E-state index in [0.717, 1.165) is 31.2 Å². The van der Waals surface area contributed by atoms with Crippen molar-refractivity contribution in [1.82, 2.24) is 19.9 Å². The van der Waals surface area contributed by atoms with Crippen LogP contribution < -0.4 is 15.0 Å². The molecule has 0 bridgehead atoms. The lowest BCUT2D eigenvalue weighted by Gasteiger charge is -2.17. The largest absolute Gasteiger partial charge is 0.481 e. The third-order valence-electron chi connectivity index (χ3n) is 3.43. The summed E-state index contributed by atoms with van der Waals surface area (Å²) in [5.41, 5.74) is 0.979. The van der Waals surface area contributed by atoms with Crippen molar-refractivity contribution in [2.24, 2.45) is 0 Å². The van der Waals surface area contributed by atoms with Crippen LogP contribution in [0.4, 0.5) is 11.9 Å². The molecule has 0 saturated carbocycles. The number of ether oxygens (including phenoxy) is 1. The van der Waals surface area contributed by atoms with Gasteiger partial charge in [-0.05, 0) is 19.4 Å². The van der Waals surface area contributed by atoms with Crippen LogP contribution in [0.5, 0.6) is 5.88 Å². The summed E-state index contributed by atoms with van der Waals surface area (Å²) in [5, 5.41) is 3.33. The zero-order valence-electron chi connectivity index (χ0n) is 12.2. The fourth-order valence-corrected chi connectivity index (χ4v) is 2.36. The van der Waals surface area contributed by atoms with E-state index in [9.17, 15) is 0 Å². The van der Waals surface area contributed by atoms with Crippen molar-refractivity contribution in [2.45, 2.75) is 19.4 Å². The molecule has 21 heavy (non-hydrogen) atoms. The van der Waals surface area contributed by atoms with Crippen molar-refractivity contribution < 1.29 is 4.74 Å². The third kappa shape index (κ3) is 3.18. The molecule has 1 fully saturated rings.